The third-order valence-electron chi connectivity index (χ3n) is 4.48. The monoisotopic (exact) mass is 385 g/mol. The SMILES string of the molecule is CN1CCC(O)(C#Cc2cccc(-c3ccc(C(F)F)c(C(N)=O)n3)c2)C1=O. The number of carbonyl (C=O) groups excluding carboxylic acids is 2. The van der Waals surface area contributed by atoms with Crippen molar-refractivity contribution in [2.24, 2.45) is 5.73 Å². The summed E-state index contributed by atoms with van der Waals surface area (Å²) in [5, 5.41) is 10.4. The molecule has 0 radical (unpaired) electrons. The Morgan fingerprint density at radius 3 is 2.71 bits per heavy atom. The second-order valence-corrected chi connectivity index (χ2v) is 6.47. The van der Waals surface area contributed by atoms with Crippen molar-refractivity contribution in [3.63, 3.8) is 0 Å². The number of hydrogen-bond donors (Lipinski definition) is 2. The van der Waals surface area contributed by atoms with Crippen molar-refractivity contribution in [2.75, 3.05) is 13.6 Å². The molecule has 0 aliphatic carbocycles. The topological polar surface area (TPSA) is 96.5 Å². The van der Waals surface area contributed by atoms with Crippen LogP contribution in [0.3, 0.4) is 0 Å². The molecule has 1 atom stereocenters. The average molecular weight is 385 g/mol. The fourth-order valence-electron chi connectivity index (χ4n) is 2.91. The predicted molar refractivity (Wildman–Crippen MR) is 97.2 cm³/mol. The number of hydrogen-bond acceptors (Lipinski definition) is 4. The minimum Gasteiger partial charge on any atom is -0.369 e. The Hall–Kier alpha value is -3.31. The van der Waals surface area contributed by atoms with Crippen LogP contribution in [0.2, 0.25) is 0 Å². The van der Waals surface area contributed by atoms with Crippen molar-refractivity contribution in [3.8, 4) is 23.1 Å². The lowest BCUT2D eigenvalue weighted by molar-refractivity contribution is -0.137. The Morgan fingerprint density at radius 1 is 1.36 bits per heavy atom. The van der Waals surface area contributed by atoms with Gasteiger partial charge < -0.3 is 15.7 Å². The van der Waals surface area contributed by atoms with Crippen LogP contribution in [0, 0.1) is 11.8 Å². The first-order valence-corrected chi connectivity index (χ1v) is 8.42. The molecule has 28 heavy (non-hydrogen) atoms. The summed E-state index contributed by atoms with van der Waals surface area (Å²) in [6, 6.07) is 9.10. The van der Waals surface area contributed by atoms with Gasteiger partial charge in [-0.3, -0.25) is 9.59 Å². The van der Waals surface area contributed by atoms with Crippen molar-refractivity contribution in [1.82, 2.24) is 9.88 Å². The molecule has 1 aromatic heterocycles. The van der Waals surface area contributed by atoms with Gasteiger partial charge in [-0.25, -0.2) is 13.8 Å². The number of nitrogens with zero attached hydrogens (tertiary/aromatic N) is 2. The van der Waals surface area contributed by atoms with Crippen LogP contribution in [0.15, 0.2) is 36.4 Å². The van der Waals surface area contributed by atoms with Crippen molar-refractivity contribution in [1.29, 1.82) is 0 Å². The highest BCUT2D eigenvalue weighted by atomic mass is 19.3. The number of aliphatic hydroxyl groups is 1. The van der Waals surface area contributed by atoms with E-state index in [1.165, 1.54) is 11.0 Å². The minimum absolute atomic E-state index is 0.216. The zero-order chi connectivity index (χ0) is 20.5. The van der Waals surface area contributed by atoms with Gasteiger partial charge in [0.05, 0.1) is 5.69 Å². The molecule has 1 fully saturated rings. The van der Waals surface area contributed by atoms with Crippen molar-refractivity contribution >= 4 is 11.8 Å². The Labute approximate surface area is 160 Å². The first kappa shape index (κ1) is 19.5. The van der Waals surface area contributed by atoms with E-state index in [1.54, 1.807) is 31.3 Å². The number of rotatable bonds is 3. The van der Waals surface area contributed by atoms with E-state index in [4.69, 9.17) is 5.73 Å². The molecular weight excluding hydrogens is 368 g/mol. The highest BCUT2D eigenvalue weighted by Crippen LogP contribution is 2.26. The Balaban J connectivity index is 1.95. The number of aromatic nitrogens is 1. The Morgan fingerprint density at radius 2 is 2.11 bits per heavy atom. The van der Waals surface area contributed by atoms with E-state index in [-0.39, 0.29) is 12.1 Å². The van der Waals surface area contributed by atoms with Gasteiger partial charge in [0.2, 0.25) is 5.60 Å². The number of primary amides is 1. The van der Waals surface area contributed by atoms with E-state index in [0.717, 1.165) is 6.07 Å². The van der Waals surface area contributed by atoms with Crippen molar-refractivity contribution < 1.29 is 23.5 Å². The zero-order valence-electron chi connectivity index (χ0n) is 14.9. The minimum atomic E-state index is -2.87. The van der Waals surface area contributed by atoms with Crippen LogP contribution in [-0.4, -0.2) is 46.0 Å². The molecule has 2 aromatic rings. The largest absolute Gasteiger partial charge is 0.369 e. The standard InChI is InChI=1S/C20H17F2N3O3/c1-25-10-9-20(28,19(25)27)8-7-12-3-2-4-13(11-12)15-6-5-14(17(21)22)16(24-15)18(23)26/h2-6,11,17,28H,9-10H2,1H3,(H2,23,26). The number of nitrogens with two attached hydrogens (primary N) is 1. The maximum absolute atomic E-state index is 13.0. The van der Waals surface area contributed by atoms with Crippen LogP contribution < -0.4 is 5.73 Å². The van der Waals surface area contributed by atoms with Gasteiger partial charge in [0, 0.05) is 36.7 Å². The molecule has 1 aromatic carbocycles. The van der Waals surface area contributed by atoms with Crippen LogP contribution in [-0.2, 0) is 4.79 Å². The molecule has 2 amide bonds. The first-order valence-electron chi connectivity index (χ1n) is 8.42. The molecule has 3 N–H and O–H groups in total. The van der Waals surface area contributed by atoms with Crippen molar-refractivity contribution in [2.45, 2.75) is 18.4 Å². The number of amides is 2. The summed E-state index contributed by atoms with van der Waals surface area (Å²) >= 11 is 0. The lowest BCUT2D eigenvalue weighted by Crippen LogP contribution is -2.37. The van der Waals surface area contributed by atoms with E-state index in [9.17, 15) is 23.5 Å². The number of likely N-dealkylation sites (tertiary alicyclic amines) is 1. The predicted octanol–water partition coefficient (Wildman–Crippen LogP) is 1.73. The molecule has 1 aliphatic heterocycles. The van der Waals surface area contributed by atoms with Gasteiger partial charge in [0.25, 0.3) is 18.2 Å². The molecule has 1 aliphatic rings. The van der Waals surface area contributed by atoms with Crippen molar-refractivity contribution in [3.05, 3.63) is 53.2 Å². The Kier molecular flexibility index (Phi) is 5.12. The number of alkyl halides is 2. The van der Waals surface area contributed by atoms with Crippen LogP contribution in [0.5, 0.6) is 0 Å². The van der Waals surface area contributed by atoms with E-state index >= 15 is 0 Å². The maximum Gasteiger partial charge on any atom is 0.267 e. The Bertz CT molecular complexity index is 1010. The second-order valence-electron chi connectivity index (χ2n) is 6.47. The lowest BCUT2D eigenvalue weighted by Gasteiger charge is -2.13. The smallest absolute Gasteiger partial charge is 0.267 e. The molecule has 2 heterocycles. The van der Waals surface area contributed by atoms with E-state index < -0.39 is 35.1 Å². The molecule has 144 valence electrons. The quantitative estimate of drug-likeness (QED) is 0.787. The first-order chi connectivity index (χ1) is 13.2. The van der Waals surface area contributed by atoms with E-state index in [0.29, 0.717) is 17.7 Å². The van der Waals surface area contributed by atoms with Crippen LogP contribution >= 0.6 is 0 Å². The summed E-state index contributed by atoms with van der Waals surface area (Å²) in [6.45, 7) is 0.417. The van der Waals surface area contributed by atoms with E-state index in [2.05, 4.69) is 16.8 Å². The molecule has 3 rings (SSSR count). The molecular formula is C20H17F2N3O3. The van der Waals surface area contributed by atoms with Gasteiger partial charge in [0.15, 0.2) is 0 Å². The summed E-state index contributed by atoms with van der Waals surface area (Å²) in [4.78, 5) is 28.8. The number of halogens is 2. The van der Waals surface area contributed by atoms with E-state index in [1.807, 2.05) is 0 Å². The second kappa shape index (κ2) is 7.37. The van der Waals surface area contributed by atoms with Gasteiger partial charge in [-0.05, 0) is 24.3 Å². The van der Waals surface area contributed by atoms with Crippen LogP contribution in [0.1, 0.15) is 34.5 Å². The molecule has 1 saturated heterocycles. The molecule has 1 unspecified atom stereocenters. The average Bonchev–Trinajstić information content (AvgIpc) is 2.94. The summed E-state index contributed by atoms with van der Waals surface area (Å²) in [5.74, 6) is 3.88. The normalized spacial score (nSPS) is 18.9. The zero-order valence-corrected chi connectivity index (χ0v) is 14.9. The molecule has 8 heteroatoms. The highest BCUT2D eigenvalue weighted by molar-refractivity contribution is 5.93. The van der Waals surface area contributed by atoms with Crippen LogP contribution in [0.4, 0.5) is 8.78 Å². The van der Waals surface area contributed by atoms with Gasteiger partial charge in [0.1, 0.15) is 5.69 Å². The third-order valence-corrected chi connectivity index (χ3v) is 4.48. The number of carbonyl (C=O) groups is 2. The van der Waals surface area contributed by atoms with Gasteiger partial charge in [-0.1, -0.05) is 24.0 Å². The molecule has 0 bridgehead atoms. The number of likely N-dealkylation sites (N-methyl/N-ethyl adjacent to an activating group) is 1. The molecule has 0 saturated carbocycles. The van der Waals surface area contributed by atoms with Crippen LogP contribution in [0.25, 0.3) is 11.3 Å². The summed E-state index contributed by atoms with van der Waals surface area (Å²) in [5.41, 5.74) is 3.72. The highest BCUT2D eigenvalue weighted by Gasteiger charge is 2.42. The number of pyridine rings is 1. The summed E-state index contributed by atoms with van der Waals surface area (Å²) in [6.07, 6.45) is -2.66. The third kappa shape index (κ3) is 3.70. The lowest BCUT2D eigenvalue weighted by atomic mass is 10.0. The maximum atomic E-state index is 13.0. The fourth-order valence-corrected chi connectivity index (χ4v) is 2.91. The number of benzene rings is 1. The van der Waals surface area contributed by atoms with Gasteiger partial charge in [-0.15, -0.1) is 0 Å². The summed E-state index contributed by atoms with van der Waals surface area (Å²) in [7, 11) is 1.59. The molecule has 6 nitrogen and oxygen atoms in total. The summed E-state index contributed by atoms with van der Waals surface area (Å²) < 4.78 is 26.0. The van der Waals surface area contributed by atoms with Gasteiger partial charge in [-0.2, -0.15) is 0 Å². The molecule has 0 spiro atoms. The van der Waals surface area contributed by atoms with Gasteiger partial charge >= 0.3 is 0 Å². The fraction of sp³-hybridized carbons (Fsp3) is 0.250.